The highest BCUT2D eigenvalue weighted by atomic mass is 35.5. The molecule has 0 radical (unpaired) electrons. The highest BCUT2D eigenvalue weighted by molar-refractivity contribution is 7.23. The van der Waals surface area contributed by atoms with Gasteiger partial charge in [-0.3, -0.25) is 19.8 Å². The monoisotopic (exact) mass is 445 g/mol. The van der Waals surface area contributed by atoms with Crippen LogP contribution in [0.5, 0.6) is 0 Å². The van der Waals surface area contributed by atoms with E-state index in [9.17, 15) is 14.9 Å². The number of hydrogen-bond donors (Lipinski definition) is 0. The van der Waals surface area contributed by atoms with Crippen LogP contribution in [0, 0.1) is 24.0 Å². The number of carbonyl (C=O) groups excluding carboxylic acids is 1. The van der Waals surface area contributed by atoms with Crippen LogP contribution < -0.4 is 4.90 Å². The van der Waals surface area contributed by atoms with E-state index in [1.807, 2.05) is 19.1 Å². The Bertz CT molecular complexity index is 1100. The Labute approximate surface area is 182 Å². The van der Waals surface area contributed by atoms with Crippen molar-refractivity contribution in [2.75, 3.05) is 18.1 Å². The van der Waals surface area contributed by atoms with E-state index in [1.165, 1.54) is 23.5 Å². The van der Waals surface area contributed by atoms with Crippen molar-refractivity contribution in [2.24, 2.45) is 0 Å². The fraction of sp³-hybridized carbons (Fsp3) is 0.333. The van der Waals surface area contributed by atoms with Gasteiger partial charge >= 0.3 is 0 Å². The summed E-state index contributed by atoms with van der Waals surface area (Å²) in [5.74, 6) is -0.334. The number of ether oxygens (including phenoxy) is 1. The third-order valence-electron chi connectivity index (χ3n) is 5.30. The van der Waals surface area contributed by atoms with E-state index in [2.05, 4.69) is 0 Å². The van der Waals surface area contributed by atoms with E-state index in [0.29, 0.717) is 28.9 Å². The van der Waals surface area contributed by atoms with Gasteiger partial charge in [-0.05, 0) is 44.4 Å². The number of aryl methyl sites for hydroxylation is 1. The molecular weight excluding hydrogens is 426 g/mol. The molecule has 4 rings (SSSR count). The number of carbonyl (C=O) groups is 1. The van der Waals surface area contributed by atoms with Crippen LogP contribution in [0.2, 0.25) is 5.02 Å². The number of aromatic nitrogens is 1. The summed E-state index contributed by atoms with van der Waals surface area (Å²) in [4.78, 5) is 30.7. The van der Waals surface area contributed by atoms with Crippen molar-refractivity contribution < 1.29 is 14.5 Å². The Balaban J connectivity index is 1.80. The number of nitro groups is 1. The molecule has 1 amide bonds. The van der Waals surface area contributed by atoms with Gasteiger partial charge in [-0.25, -0.2) is 4.98 Å². The molecule has 0 aliphatic carbocycles. The lowest BCUT2D eigenvalue weighted by Crippen LogP contribution is -2.37. The predicted octanol–water partition coefficient (Wildman–Crippen LogP) is 5.30. The molecule has 1 unspecified atom stereocenters. The van der Waals surface area contributed by atoms with E-state index in [4.69, 9.17) is 21.3 Å². The molecule has 156 valence electrons. The maximum absolute atomic E-state index is 13.6. The Morgan fingerprint density at radius 2 is 2.17 bits per heavy atom. The summed E-state index contributed by atoms with van der Waals surface area (Å²) in [5.41, 5.74) is 2.25. The van der Waals surface area contributed by atoms with Crippen LogP contribution in [0.1, 0.15) is 34.3 Å². The molecule has 1 atom stereocenters. The molecule has 0 saturated carbocycles. The molecule has 0 bridgehead atoms. The molecule has 30 heavy (non-hydrogen) atoms. The van der Waals surface area contributed by atoms with Gasteiger partial charge in [0.25, 0.3) is 11.6 Å². The van der Waals surface area contributed by atoms with Crippen LogP contribution in [0.3, 0.4) is 0 Å². The summed E-state index contributed by atoms with van der Waals surface area (Å²) >= 11 is 7.70. The lowest BCUT2D eigenvalue weighted by molar-refractivity contribution is -0.385. The topological polar surface area (TPSA) is 85.6 Å². The van der Waals surface area contributed by atoms with Gasteiger partial charge in [0, 0.05) is 23.8 Å². The molecule has 1 aliphatic rings. The SMILES string of the molecule is Cc1c(C(=O)N(CC2CCCO2)c2nc3c(C)ccc(Cl)c3s2)cccc1[N+](=O)[O-]. The van der Waals surface area contributed by atoms with Gasteiger partial charge < -0.3 is 4.74 Å². The van der Waals surface area contributed by atoms with E-state index in [-0.39, 0.29) is 23.3 Å². The van der Waals surface area contributed by atoms with Gasteiger partial charge in [-0.15, -0.1) is 0 Å². The summed E-state index contributed by atoms with van der Waals surface area (Å²) in [7, 11) is 0. The zero-order valence-electron chi connectivity index (χ0n) is 16.6. The van der Waals surface area contributed by atoms with Crippen LogP contribution >= 0.6 is 22.9 Å². The highest BCUT2D eigenvalue weighted by Gasteiger charge is 2.29. The lowest BCUT2D eigenvalue weighted by Gasteiger charge is -2.23. The number of fused-ring (bicyclic) bond motifs is 1. The van der Waals surface area contributed by atoms with Crippen molar-refractivity contribution in [3.8, 4) is 0 Å². The third kappa shape index (κ3) is 3.78. The maximum atomic E-state index is 13.6. The van der Waals surface area contributed by atoms with E-state index >= 15 is 0 Å². The molecule has 7 nitrogen and oxygen atoms in total. The molecular formula is C21H20ClN3O4S. The molecule has 2 aromatic carbocycles. The number of rotatable bonds is 5. The summed E-state index contributed by atoms with van der Waals surface area (Å²) in [6, 6.07) is 8.25. The number of halogens is 1. The van der Waals surface area contributed by atoms with Gasteiger partial charge in [0.2, 0.25) is 0 Å². The van der Waals surface area contributed by atoms with Crippen molar-refractivity contribution in [3.05, 3.63) is 62.2 Å². The molecule has 2 heterocycles. The van der Waals surface area contributed by atoms with Gasteiger partial charge in [-0.1, -0.05) is 35.1 Å². The largest absolute Gasteiger partial charge is 0.376 e. The summed E-state index contributed by atoms with van der Waals surface area (Å²) in [6.07, 6.45) is 1.69. The van der Waals surface area contributed by atoms with Crippen LogP contribution in [-0.4, -0.2) is 35.1 Å². The minimum atomic E-state index is -0.475. The van der Waals surface area contributed by atoms with Crippen molar-refractivity contribution in [1.29, 1.82) is 0 Å². The third-order valence-corrected chi connectivity index (χ3v) is 6.84. The summed E-state index contributed by atoms with van der Waals surface area (Å²) in [5, 5.41) is 12.4. The van der Waals surface area contributed by atoms with E-state index < -0.39 is 4.92 Å². The summed E-state index contributed by atoms with van der Waals surface area (Å²) in [6.45, 7) is 4.53. The first-order chi connectivity index (χ1) is 14.4. The number of nitrogens with zero attached hydrogens (tertiary/aromatic N) is 3. The average Bonchev–Trinajstić information content (AvgIpc) is 3.39. The molecule has 1 saturated heterocycles. The summed E-state index contributed by atoms with van der Waals surface area (Å²) < 4.78 is 6.57. The van der Waals surface area contributed by atoms with Gasteiger partial charge in [0.15, 0.2) is 5.13 Å². The van der Waals surface area contributed by atoms with Crippen LogP contribution in [-0.2, 0) is 4.74 Å². The second kappa shape index (κ2) is 8.29. The second-order valence-corrected chi connectivity index (χ2v) is 8.68. The van der Waals surface area contributed by atoms with Crippen LogP contribution in [0.15, 0.2) is 30.3 Å². The van der Waals surface area contributed by atoms with E-state index in [0.717, 1.165) is 28.6 Å². The minimum Gasteiger partial charge on any atom is -0.376 e. The van der Waals surface area contributed by atoms with Crippen molar-refractivity contribution in [2.45, 2.75) is 32.8 Å². The molecule has 9 heteroatoms. The van der Waals surface area contributed by atoms with Crippen molar-refractivity contribution in [1.82, 2.24) is 4.98 Å². The molecule has 1 aromatic heterocycles. The molecule has 0 N–H and O–H groups in total. The number of thiazole rings is 1. The normalized spacial score (nSPS) is 16.2. The first kappa shape index (κ1) is 20.7. The van der Waals surface area contributed by atoms with Crippen molar-refractivity contribution in [3.63, 3.8) is 0 Å². The number of hydrogen-bond acceptors (Lipinski definition) is 6. The quantitative estimate of drug-likeness (QED) is 0.393. The van der Waals surface area contributed by atoms with Gasteiger partial charge in [-0.2, -0.15) is 0 Å². The Hall–Kier alpha value is -2.55. The Morgan fingerprint density at radius 1 is 1.37 bits per heavy atom. The first-order valence-corrected chi connectivity index (χ1v) is 10.8. The highest BCUT2D eigenvalue weighted by Crippen LogP contribution is 2.37. The van der Waals surface area contributed by atoms with Crippen LogP contribution in [0.4, 0.5) is 10.8 Å². The number of anilines is 1. The molecule has 3 aromatic rings. The Morgan fingerprint density at radius 3 is 2.83 bits per heavy atom. The first-order valence-electron chi connectivity index (χ1n) is 9.60. The number of nitro benzene ring substituents is 1. The number of amides is 1. The lowest BCUT2D eigenvalue weighted by atomic mass is 10.1. The van der Waals surface area contributed by atoms with Crippen molar-refractivity contribution >= 4 is 49.9 Å². The van der Waals surface area contributed by atoms with Crippen LogP contribution in [0.25, 0.3) is 10.2 Å². The zero-order valence-corrected chi connectivity index (χ0v) is 18.1. The predicted molar refractivity (Wildman–Crippen MR) is 118 cm³/mol. The average molecular weight is 446 g/mol. The molecule has 1 aliphatic heterocycles. The smallest absolute Gasteiger partial charge is 0.273 e. The van der Waals surface area contributed by atoms with Gasteiger partial charge in [0.1, 0.15) is 0 Å². The minimum absolute atomic E-state index is 0.0823. The molecule has 0 spiro atoms. The van der Waals surface area contributed by atoms with Gasteiger partial charge in [0.05, 0.1) is 32.8 Å². The molecule has 1 fully saturated rings. The Kier molecular flexibility index (Phi) is 5.73. The number of benzene rings is 2. The standard InChI is InChI=1S/C21H20ClN3O4S/c1-12-8-9-16(22)19-18(12)23-21(30-19)24(11-14-5-4-10-29-14)20(26)15-6-3-7-17(13(15)2)25(27)28/h3,6-9,14H,4-5,10-11H2,1-2H3. The fourth-order valence-electron chi connectivity index (χ4n) is 3.64. The van der Waals surface area contributed by atoms with E-state index in [1.54, 1.807) is 17.9 Å². The second-order valence-electron chi connectivity index (χ2n) is 7.30. The fourth-order valence-corrected chi connectivity index (χ4v) is 4.97. The zero-order chi connectivity index (χ0) is 21.4. The maximum Gasteiger partial charge on any atom is 0.273 e.